The molecular formula is C23H23NO7. The quantitative estimate of drug-likeness (QED) is 0.305. The lowest BCUT2D eigenvalue weighted by Gasteiger charge is -2.22. The van der Waals surface area contributed by atoms with E-state index in [9.17, 15) is 14.4 Å². The molecule has 0 saturated heterocycles. The third-order valence-corrected chi connectivity index (χ3v) is 4.59. The Bertz CT molecular complexity index is 1150. The topological polar surface area (TPSA) is 95.3 Å². The summed E-state index contributed by atoms with van der Waals surface area (Å²) in [4.78, 5) is 37.5. The van der Waals surface area contributed by atoms with E-state index in [0.717, 1.165) is 5.39 Å². The van der Waals surface area contributed by atoms with E-state index in [1.807, 2.05) is 12.1 Å². The molecule has 0 aliphatic heterocycles. The van der Waals surface area contributed by atoms with Crippen molar-refractivity contribution in [1.82, 2.24) is 0 Å². The van der Waals surface area contributed by atoms with E-state index in [2.05, 4.69) is 0 Å². The number of ether oxygens (including phenoxy) is 3. The Morgan fingerprint density at radius 3 is 2.48 bits per heavy atom. The molecule has 0 aliphatic carbocycles. The molecule has 0 saturated carbocycles. The van der Waals surface area contributed by atoms with Crippen LogP contribution < -0.4 is 20.0 Å². The highest BCUT2D eigenvalue weighted by molar-refractivity contribution is 5.92. The molecule has 162 valence electrons. The van der Waals surface area contributed by atoms with Gasteiger partial charge in [0.05, 0.1) is 32.2 Å². The standard InChI is InChI=1S/C23H23NO7/c1-4-29-21(25)11-12-22(26)31-20-13-15(9-10-19(20)28-3)24(2)17-14-23(27)30-18-8-6-5-7-16(17)18/h5-10,13-14H,4,11-12H2,1-3H3. The number of para-hydroxylation sites is 1. The molecule has 0 atom stereocenters. The molecule has 0 N–H and O–H groups in total. The third kappa shape index (κ3) is 5.22. The van der Waals surface area contributed by atoms with Crippen LogP contribution in [0.3, 0.4) is 0 Å². The fourth-order valence-electron chi connectivity index (χ4n) is 3.08. The minimum Gasteiger partial charge on any atom is -0.493 e. The molecule has 31 heavy (non-hydrogen) atoms. The number of hydrogen-bond acceptors (Lipinski definition) is 8. The fourth-order valence-corrected chi connectivity index (χ4v) is 3.08. The number of anilines is 2. The van der Waals surface area contributed by atoms with Crippen molar-refractivity contribution in [3.63, 3.8) is 0 Å². The van der Waals surface area contributed by atoms with Crippen LogP contribution in [0.15, 0.2) is 57.7 Å². The van der Waals surface area contributed by atoms with Crippen molar-refractivity contribution in [3.8, 4) is 11.5 Å². The summed E-state index contributed by atoms with van der Waals surface area (Å²) in [6.07, 6.45) is -0.188. The van der Waals surface area contributed by atoms with Crippen LogP contribution in [0.1, 0.15) is 19.8 Å². The molecule has 8 heteroatoms. The van der Waals surface area contributed by atoms with E-state index >= 15 is 0 Å². The van der Waals surface area contributed by atoms with Crippen molar-refractivity contribution in [3.05, 3.63) is 59.0 Å². The van der Waals surface area contributed by atoms with Crippen LogP contribution in [0, 0.1) is 0 Å². The monoisotopic (exact) mass is 425 g/mol. The Kier molecular flexibility index (Phi) is 6.92. The van der Waals surface area contributed by atoms with Crippen molar-refractivity contribution in [2.24, 2.45) is 0 Å². The fraction of sp³-hybridized carbons (Fsp3) is 0.261. The van der Waals surface area contributed by atoms with Crippen LogP contribution in [0.4, 0.5) is 11.4 Å². The molecule has 3 rings (SSSR count). The largest absolute Gasteiger partial charge is 0.493 e. The SMILES string of the molecule is CCOC(=O)CCC(=O)Oc1cc(N(C)c2cc(=O)oc3ccccc23)ccc1OC. The molecule has 0 bridgehead atoms. The van der Waals surface area contributed by atoms with Gasteiger partial charge in [0.1, 0.15) is 5.58 Å². The lowest BCUT2D eigenvalue weighted by Crippen LogP contribution is -2.15. The number of hydrogen-bond donors (Lipinski definition) is 0. The van der Waals surface area contributed by atoms with Gasteiger partial charge in [0.15, 0.2) is 11.5 Å². The maximum absolute atomic E-state index is 12.2. The molecule has 0 spiro atoms. The van der Waals surface area contributed by atoms with Gasteiger partial charge in [-0.05, 0) is 31.2 Å². The number of carbonyl (C=O) groups excluding carboxylic acids is 2. The summed E-state index contributed by atoms with van der Waals surface area (Å²) in [6.45, 7) is 1.95. The predicted octanol–water partition coefficient (Wildman–Crippen LogP) is 3.82. The Morgan fingerprint density at radius 1 is 1.00 bits per heavy atom. The molecule has 0 amide bonds. The van der Waals surface area contributed by atoms with Crippen LogP contribution >= 0.6 is 0 Å². The van der Waals surface area contributed by atoms with E-state index in [-0.39, 0.29) is 25.2 Å². The van der Waals surface area contributed by atoms with Gasteiger partial charge in [0.25, 0.3) is 0 Å². The Labute approximate surface area is 178 Å². The van der Waals surface area contributed by atoms with Crippen LogP contribution in [-0.2, 0) is 14.3 Å². The molecule has 2 aromatic carbocycles. The molecule has 0 aliphatic rings. The first-order valence-corrected chi connectivity index (χ1v) is 9.74. The maximum Gasteiger partial charge on any atom is 0.338 e. The van der Waals surface area contributed by atoms with Gasteiger partial charge in [-0.15, -0.1) is 0 Å². The van der Waals surface area contributed by atoms with Crippen molar-refractivity contribution < 1.29 is 28.2 Å². The van der Waals surface area contributed by atoms with Crippen molar-refractivity contribution in [2.45, 2.75) is 19.8 Å². The van der Waals surface area contributed by atoms with Crippen LogP contribution in [-0.4, -0.2) is 32.7 Å². The Balaban J connectivity index is 1.87. The number of esters is 2. The molecule has 3 aromatic rings. The minimum absolute atomic E-state index is 0.0691. The molecule has 0 unspecified atom stereocenters. The Hall–Kier alpha value is -3.81. The lowest BCUT2D eigenvalue weighted by molar-refractivity contribution is -0.146. The summed E-state index contributed by atoms with van der Waals surface area (Å²) in [7, 11) is 3.25. The number of nitrogens with zero attached hydrogens (tertiary/aromatic N) is 1. The number of methoxy groups -OCH3 is 1. The second-order valence-electron chi connectivity index (χ2n) is 6.62. The zero-order chi connectivity index (χ0) is 22.4. The maximum atomic E-state index is 12.2. The van der Waals surface area contributed by atoms with Gasteiger partial charge in [0, 0.05) is 30.3 Å². The van der Waals surface area contributed by atoms with Gasteiger partial charge >= 0.3 is 17.6 Å². The normalized spacial score (nSPS) is 10.5. The molecular weight excluding hydrogens is 402 g/mol. The summed E-state index contributed by atoms with van der Waals surface area (Å²) in [5, 5.41) is 0.758. The molecule has 0 fully saturated rings. The van der Waals surface area contributed by atoms with Gasteiger partial charge in [-0.2, -0.15) is 0 Å². The Morgan fingerprint density at radius 2 is 1.74 bits per heavy atom. The lowest BCUT2D eigenvalue weighted by atomic mass is 10.1. The zero-order valence-corrected chi connectivity index (χ0v) is 17.5. The smallest absolute Gasteiger partial charge is 0.338 e. The average molecular weight is 425 g/mol. The van der Waals surface area contributed by atoms with Gasteiger partial charge in [-0.1, -0.05) is 12.1 Å². The van der Waals surface area contributed by atoms with E-state index in [4.69, 9.17) is 18.6 Å². The molecule has 8 nitrogen and oxygen atoms in total. The first kappa shape index (κ1) is 21.9. The molecule has 1 aromatic heterocycles. The summed E-state index contributed by atoms with van der Waals surface area (Å²) in [6, 6.07) is 13.7. The first-order chi connectivity index (χ1) is 14.9. The zero-order valence-electron chi connectivity index (χ0n) is 17.5. The third-order valence-electron chi connectivity index (χ3n) is 4.59. The summed E-state index contributed by atoms with van der Waals surface area (Å²) >= 11 is 0. The summed E-state index contributed by atoms with van der Waals surface area (Å²) in [5.74, 6) is -0.487. The number of benzene rings is 2. The highest BCUT2D eigenvalue weighted by Crippen LogP contribution is 2.36. The van der Waals surface area contributed by atoms with E-state index in [1.54, 1.807) is 49.2 Å². The van der Waals surface area contributed by atoms with Gasteiger partial charge in [-0.25, -0.2) is 4.79 Å². The first-order valence-electron chi connectivity index (χ1n) is 9.74. The van der Waals surface area contributed by atoms with Crippen LogP contribution in [0.2, 0.25) is 0 Å². The van der Waals surface area contributed by atoms with Crippen molar-refractivity contribution in [1.29, 1.82) is 0 Å². The minimum atomic E-state index is -0.586. The van der Waals surface area contributed by atoms with Gasteiger partial charge in [-0.3, -0.25) is 9.59 Å². The number of carbonyl (C=O) groups is 2. The van der Waals surface area contributed by atoms with E-state index < -0.39 is 17.6 Å². The second kappa shape index (κ2) is 9.80. The molecule has 0 radical (unpaired) electrons. The summed E-state index contributed by atoms with van der Waals surface area (Å²) < 4.78 is 20.8. The van der Waals surface area contributed by atoms with Gasteiger partial charge < -0.3 is 23.5 Å². The van der Waals surface area contributed by atoms with Crippen LogP contribution in [0.5, 0.6) is 11.5 Å². The van der Waals surface area contributed by atoms with E-state index in [0.29, 0.717) is 22.7 Å². The predicted molar refractivity (Wildman–Crippen MR) is 115 cm³/mol. The van der Waals surface area contributed by atoms with Crippen molar-refractivity contribution >= 4 is 34.3 Å². The highest BCUT2D eigenvalue weighted by atomic mass is 16.6. The van der Waals surface area contributed by atoms with Crippen molar-refractivity contribution in [2.75, 3.05) is 25.7 Å². The second-order valence-corrected chi connectivity index (χ2v) is 6.62. The number of rotatable bonds is 8. The van der Waals surface area contributed by atoms with Crippen LogP contribution in [0.25, 0.3) is 11.0 Å². The highest BCUT2D eigenvalue weighted by Gasteiger charge is 2.17. The number of fused-ring (bicyclic) bond motifs is 1. The summed E-state index contributed by atoms with van der Waals surface area (Å²) in [5.41, 5.74) is 1.29. The molecule has 1 heterocycles. The average Bonchev–Trinajstić information content (AvgIpc) is 2.76. The van der Waals surface area contributed by atoms with Gasteiger partial charge in [0.2, 0.25) is 0 Å². The van der Waals surface area contributed by atoms with E-state index in [1.165, 1.54) is 13.2 Å².